The molecule has 6 nitrogen and oxygen atoms in total. The van der Waals surface area contributed by atoms with Crippen molar-refractivity contribution in [2.45, 2.75) is 0 Å². The monoisotopic (exact) mass is 505 g/mol. The third kappa shape index (κ3) is 5.21. The van der Waals surface area contributed by atoms with Crippen LogP contribution in [-0.4, -0.2) is 26.6 Å². The first-order valence-corrected chi connectivity index (χ1v) is 12.1. The molecule has 0 aliphatic heterocycles. The maximum absolute atomic E-state index is 6.22. The second-order valence-corrected chi connectivity index (χ2v) is 8.44. The van der Waals surface area contributed by atoms with Crippen molar-refractivity contribution in [3.05, 3.63) is 121 Å². The van der Waals surface area contributed by atoms with E-state index < -0.39 is 0 Å². The smallest absolute Gasteiger partial charge is 0.228 e. The van der Waals surface area contributed by atoms with Gasteiger partial charge in [-0.05, 0) is 61.1 Å². The zero-order valence-corrected chi connectivity index (χ0v) is 20.9. The normalized spacial score (nSPS) is 10.6. The SMILES string of the molecule is CN.Clc1ccc(-c2nc3ccnc(Oc4ccc(-n5ccnc5)cc4)c3cc2-c2ccccc2)cc1. The number of nitrogens with zero attached hydrogens (tertiary/aromatic N) is 4. The molecule has 0 radical (unpaired) electrons. The number of hydrogen-bond donors (Lipinski definition) is 1. The molecule has 0 aliphatic rings. The number of pyridine rings is 2. The highest BCUT2D eigenvalue weighted by Crippen LogP contribution is 2.37. The van der Waals surface area contributed by atoms with Gasteiger partial charge in [-0.15, -0.1) is 0 Å². The molecule has 0 unspecified atom stereocenters. The number of benzene rings is 3. The molecular weight excluding hydrogens is 482 g/mol. The Bertz CT molecular complexity index is 1600. The number of imidazole rings is 1. The minimum Gasteiger partial charge on any atom is -0.438 e. The number of hydrogen-bond acceptors (Lipinski definition) is 5. The third-order valence-electron chi connectivity index (χ3n) is 5.76. The molecule has 0 amide bonds. The Hall–Kier alpha value is -4.52. The minimum atomic E-state index is 0.505. The standard InChI is InChI=1S/C29H19ClN4O.CH5N/c30-22-8-6-21(7-9-22)28-25(20-4-2-1-3-5-20)18-26-27(33-28)14-15-32-29(26)35-24-12-10-23(11-13-24)34-17-16-31-19-34;1-2/h1-19H;2H2,1H3. The molecule has 3 aromatic heterocycles. The molecule has 0 bridgehead atoms. The molecule has 3 aromatic carbocycles. The quantitative estimate of drug-likeness (QED) is 0.268. The van der Waals surface area contributed by atoms with Gasteiger partial charge in [-0.25, -0.2) is 15.0 Å². The molecule has 37 heavy (non-hydrogen) atoms. The zero-order valence-electron chi connectivity index (χ0n) is 20.1. The number of halogens is 1. The Kier molecular flexibility index (Phi) is 7.21. The van der Waals surface area contributed by atoms with Gasteiger partial charge in [-0.3, -0.25) is 0 Å². The summed E-state index contributed by atoms with van der Waals surface area (Å²) in [5.74, 6) is 1.20. The Morgan fingerprint density at radius 1 is 0.811 bits per heavy atom. The Balaban J connectivity index is 0.00000137. The van der Waals surface area contributed by atoms with Gasteiger partial charge < -0.3 is 15.0 Å². The van der Waals surface area contributed by atoms with Crippen LogP contribution in [0.2, 0.25) is 5.02 Å². The van der Waals surface area contributed by atoms with E-state index in [1.54, 1.807) is 18.7 Å². The zero-order chi connectivity index (χ0) is 25.6. The summed E-state index contributed by atoms with van der Waals surface area (Å²) in [7, 11) is 1.50. The molecule has 0 saturated carbocycles. The summed E-state index contributed by atoms with van der Waals surface area (Å²) in [6.07, 6.45) is 7.13. The summed E-state index contributed by atoms with van der Waals surface area (Å²) in [5.41, 5.74) is 10.2. The molecule has 2 N–H and O–H groups in total. The van der Waals surface area contributed by atoms with Crippen LogP contribution in [0.4, 0.5) is 0 Å². The third-order valence-corrected chi connectivity index (χ3v) is 6.01. The maximum Gasteiger partial charge on any atom is 0.228 e. The van der Waals surface area contributed by atoms with Crippen LogP contribution in [0.5, 0.6) is 11.6 Å². The highest BCUT2D eigenvalue weighted by atomic mass is 35.5. The van der Waals surface area contributed by atoms with Crippen molar-refractivity contribution in [2.75, 3.05) is 7.05 Å². The summed E-state index contributed by atoms with van der Waals surface area (Å²) in [6.45, 7) is 0. The lowest BCUT2D eigenvalue weighted by Crippen LogP contribution is -1.95. The Labute approximate surface area is 220 Å². The van der Waals surface area contributed by atoms with Gasteiger partial charge in [0.1, 0.15) is 5.75 Å². The number of fused-ring (bicyclic) bond motifs is 1. The average Bonchev–Trinajstić information content (AvgIpc) is 3.50. The van der Waals surface area contributed by atoms with Crippen LogP contribution in [0.25, 0.3) is 39.0 Å². The molecule has 0 saturated heterocycles. The van der Waals surface area contributed by atoms with E-state index in [1.807, 2.05) is 83.6 Å². The Morgan fingerprint density at radius 3 is 2.27 bits per heavy atom. The molecule has 182 valence electrons. The summed E-state index contributed by atoms with van der Waals surface area (Å²) in [6, 6.07) is 29.7. The highest BCUT2D eigenvalue weighted by molar-refractivity contribution is 6.30. The second kappa shape index (κ2) is 11.0. The molecule has 3 heterocycles. The number of nitrogens with two attached hydrogens (primary N) is 1. The topological polar surface area (TPSA) is 78.9 Å². The fourth-order valence-electron chi connectivity index (χ4n) is 4.03. The van der Waals surface area contributed by atoms with Crippen molar-refractivity contribution in [3.63, 3.8) is 0 Å². The lowest BCUT2D eigenvalue weighted by atomic mass is 9.98. The van der Waals surface area contributed by atoms with E-state index in [9.17, 15) is 0 Å². The average molecular weight is 506 g/mol. The van der Waals surface area contributed by atoms with Crippen LogP contribution in [0.15, 0.2) is 116 Å². The highest BCUT2D eigenvalue weighted by Gasteiger charge is 2.15. The van der Waals surface area contributed by atoms with E-state index in [0.717, 1.165) is 39.0 Å². The van der Waals surface area contributed by atoms with Gasteiger partial charge in [0.15, 0.2) is 0 Å². The van der Waals surface area contributed by atoms with Crippen molar-refractivity contribution >= 4 is 22.5 Å². The van der Waals surface area contributed by atoms with Gasteiger partial charge in [-0.1, -0.05) is 54.1 Å². The van der Waals surface area contributed by atoms with Crippen LogP contribution in [0.3, 0.4) is 0 Å². The fourth-order valence-corrected chi connectivity index (χ4v) is 4.15. The summed E-state index contributed by atoms with van der Waals surface area (Å²) >= 11 is 6.14. The predicted molar refractivity (Wildman–Crippen MR) is 149 cm³/mol. The van der Waals surface area contributed by atoms with E-state index >= 15 is 0 Å². The largest absolute Gasteiger partial charge is 0.438 e. The molecule has 0 atom stereocenters. The van der Waals surface area contributed by atoms with Gasteiger partial charge in [0, 0.05) is 40.4 Å². The van der Waals surface area contributed by atoms with Crippen LogP contribution in [-0.2, 0) is 0 Å². The number of rotatable bonds is 5. The molecule has 0 fully saturated rings. The predicted octanol–water partition coefficient (Wildman–Crippen LogP) is 7.17. The minimum absolute atomic E-state index is 0.505. The summed E-state index contributed by atoms with van der Waals surface area (Å²) in [4.78, 5) is 13.7. The lowest BCUT2D eigenvalue weighted by molar-refractivity contribution is 0.469. The van der Waals surface area contributed by atoms with Gasteiger partial charge in [-0.2, -0.15) is 0 Å². The first-order valence-electron chi connectivity index (χ1n) is 11.7. The van der Waals surface area contributed by atoms with Crippen molar-refractivity contribution in [3.8, 4) is 39.7 Å². The molecular formula is C30H24ClN5O. The van der Waals surface area contributed by atoms with E-state index in [0.29, 0.717) is 16.7 Å². The number of aromatic nitrogens is 4. The van der Waals surface area contributed by atoms with Gasteiger partial charge >= 0.3 is 0 Å². The van der Waals surface area contributed by atoms with E-state index in [-0.39, 0.29) is 0 Å². The molecule has 0 spiro atoms. The van der Waals surface area contributed by atoms with Crippen molar-refractivity contribution in [2.24, 2.45) is 5.73 Å². The Morgan fingerprint density at radius 2 is 1.57 bits per heavy atom. The van der Waals surface area contributed by atoms with E-state index in [4.69, 9.17) is 21.3 Å². The van der Waals surface area contributed by atoms with Gasteiger partial charge in [0.2, 0.25) is 5.88 Å². The van der Waals surface area contributed by atoms with Crippen molar-refractivity contribution < 1.29 is 4.74 Å². The van der Waals surface area contributed by atoms with E-state index in [1.165, 1.54) is 7.05 Å². The van der Waals surface area contributed by atoms with Crippen molar-refractivity contribution in [1.29, 1.82) is 0 Å². The summed E-state index contributed by atoms with van der Waals surface area (Å²) < 4.78 is 8.16. The van der Waals surface area contributed by atoms with Crippen LogP contribution in [0, 0.1) is 0 Å². The van der Waals surface area contributed by atoms with Crippen LogP contribution >= 0.6 is 11.6 Å². The maximum atomic E-state index is 6.22. The van der Waals surface area contributed by atoms with Gasteiger partial charge in [0.25, 0.3) is 0 Å². The molecule has 7 heteroatoms. The summed E-state index contributed by atoms with van der Waals surface area (Å²) in [5, 5.41) is 1.53. The fraction of sp³-hybridized carbons (Fsp3) is 0.0333. The number of ether oxygens (including phenoxy) is 1. The molecule has 6 aromatic rings. The van der Waals surface area contributed by atoms with Gasteiger partial charge in [0.05, 0.1) is 22.9 Å². The lowest BCUT2D eigenvalue weighted by Gasteiger charge is -2.14. The first kappa shape index (κ1) is 24.2. The van der Waals surface area contributed by atoms with Crippen LogP contribution in [0.1, 0.15) is 0 Å². The molecule has 6 rings (SSSR count). The van der Waals surface area contributed by atoms with E-state index in [2.05, 4.69) is 33.9 Å². The molecule has 0 aliphatic carbocycles. The van der Waals surface area contributed by atoms with Crippen LogP contribution < -0.4 is 10.5 Å². The second-order valence-electron chi connectivity index (χ2n) is 8.01. The van der Waals surface area contributed by atoms with Crippen molar-refractivity contribution in [1.82, 2.24) is 19.5 Å². The first-order chi connectivity index (χ1) is 18.2.